The normalized spacial score (nSPS) is 13.8. The standard InChI is InChI=1S/C22H20F6O/c1-2-3-4-5-13-6-8-16-14(10-13)7-9-17(20(16)25)15-11-18(23)21(19(24)12-15)29-22(26,27)28/h6-7,9,11-12H,2-5,8,10H2,1H3. The van der Waals surface area contributed by atoms with Crippen LogP contribution in [-0.2, 0) is 12.8 Å². The highest BCUT2D eigenvalue weighted by Crippen LogP contribution is 2.36. The van der Waals surface area contributed by atoms with Gasteiger partial charge in [0.05, 0.1) is 0 Å². The van der Waals surface area contributed by atoms with Crippen molar-refractivity contribution in [3.63, 3.8) is 0 Å². The molecule has 0 unspecified atom stereocenters. The summed E-state index contributed by atoms with van der Waals surface area (Å²) in [4.78, 5) is 0. The van der Waals surface area contributed by atoms with Crippen LogP contribution in [0.25, 0.3) is 11.1 Å². The molecule has 0 saturated carbocycles. The first-order valence-corrected chi connectivity index (χ1v) is 9.43. The molecule has 0 aromatic heterocycles. The molecule has 156 valence electrons. The largest absolute Gasteiger partial charge is 0.573 e. The Morgan fingerprint density at radius 3 is 2.31 bits per heavy atom. The van der Waals surface area contributed by atoms with E-state index in [-0.39, 0.29) is 11.1 Å². The van der Waals surface area contributed by atoms with Crippen molar-refractivity contribution in [1.82, 2.24) is 0 Å². The number of benzene rings is 2. The summed E-state index contributed by atoms with van der Waals surface area (Å²) in [5.74, 6) is -5.27. The van der Waals surface area contributed by atoms with Crippen LogP contribution in [0.4, 0.5) is 26.3 Å². The summed E-state index contributed by atoms with van der Waals surface area (Å²) in [6, 6.07) is 4.39. The SMILES string of the molecule is CCCCCC1=CCc2c(ccc(-c3cc(F)c(OC(F)(F)F)c(F)c3)c2F)C1. The Morgan fingerprint density at radius 1 is 1.00 bits per heavy atom. The zero-order chi connectivity index (χ0) is 21.2. The molecule has 0 N–H and O–H groups in total. The molecule has 0 heterocycles. The first kappa shape index (κ1) is 21.3. The van der Waals surface area contributed by atoms with Gasteiger partial charge in [0, 0.05) is 5.56 Å². The van der Waals surface area contributed by atoms with Crippen molar-refractivity contribution in [2.75, 3.05) is 0 Å². The number of unbranched alkanes of at least 4 members (excludes halogenated alkanes) is 2. The van der Waals surface area contributed by atoms with Crippen molar-refractivity contribution in [2.45, 2.75) is 51.8 Å². The van der Waals surface area contributed by atoms with Crippen LogP contribution >= 0.6 is 0 Å². The molecule has 1 aliphatic rings. The summed E-state index contributed by atoms with van der Waals surface area (Å²) in [5.41, 5.74) is 2.25. The topological polar surface area (TPSA) is 9.23 Å². The fourth-order valence-corrected chi connectivity index (χ4v) is 3.55. The third-order valence-electron chi connectivity index (χ3n) is 4.98. The van der Waals surface area contributed by atoms with E-state index in [1.54, 1.807) is 6.07 Å². The number of hydrogen-bond donors (Lipinski definition) is 0. The molecule has 1 aliphatic carbocycles. The first-order chi connectivity index (χ1) is 13.7. The molecule has 0 radical (unpaired) electrons. The maximum atomic E-state index is 15.0. The van der Waals surface area contributed by atoms with E-state index in [2.05, 4.69) is 11.7 Å². The number of ether oxygens (including phenoxy) is 1. The minimum Gasteiger partial charge on any atom is -0.399 e. The molecule has 0 saturated heterocycles. The van der Waals surface area contributed by atoms with Gasteiger partial charge in [0.25, 0.3) is 0 Å². The van der Waals surface area contributed by atoms with E-state index in [1.807, 2.05) is 6.08 Å². The predicted molar refractivity (Wildman–Crippen MR) is 98.1 cm³/mol. The molecule has 0 atom stereocenters. The van der Waals surface area contributed by atoms with Crippen molar-refractivity contribution >= 4 is 0 Å². The lowest BCUT2D eigenvalue weighted by Gasteiger charge is -2.20. The highest BCUT2D eigenvalue weighted by Gasteiger charge is 2.34. The minimum absolute atomic E-state index is 0.0667. The Bertz CT molecular complexity index is 907. The summed E-state index contributed by atoms with van der Waals surface area (Å²) in [6.45, 7) is 2.12. The fourth-order valence-electron chi connectivity index (χ4n) is 3.55. The molecule has 0 aliphatic heterocycles. The summed E-state index contributed by atoms with van der Waals surface area (Å²) < 4.78 is 83.3. The number of fused-ring (bicyclic) bond motifs is 1. The zero-order valence-corrected chi connectivity index (χ0v) is 15.8. The zero-order valence-electron chi connectivity index (χ0n) is 15.8. The monoisotopic (exact) mass is 414 g/mol. The second kappa shape index (κ2) is 8.51. The summed E-state index contributed by atoms with van der Waals surface area (Å²) >= 11 is 0. The second-order valence-electron chi connectivity index (χ2n) is 7.08. The molecule has 7 heteroatoms. The van der Waals surface area contributed by atoms with E-state index in [0.29, 0.717) is 30.5 Å². The Hall–Kier alpha value is -2.44. The quantitative estimate of drug-likeness (QED) is 0.274. The van der Waals surface area contributed by atoms with Crippen LogP contribution in [-0.4, -0.2) is 6.36 Å². The van der Waals surface area contributed by atoms with Crippen LogP contribution in [0.3, 0.4) is 0 Å². The van der Waals surface area contributed by atoms with Crippen LogP contribution in [0.15, 0.2) is 35.9 Å². The van der Waals surface area contributed by atoms with Crippen LogP contribution in [0.1, 0.15) is 43.7 Å². The highest BCUT2D eigenvalue weighted by atomic mass is 19.4. The molecular weight excluding hydrogens is 394 g/mol. The van der Waals surface area contributed by atoms with Gasteiger partial charge in [-0.2, -0.15) is 0 Å². The average molecular weight is 414 g/mol. The molecule has 2 aromatic carbocycles. The Kier molecular flexibility index (Phi) is 6.24. The molecule has 0 bridgehead atoms. The molecule has 29 heavy (non-hydrogen) atoms. The summed E-state index contributed by atoms with van der Waals surface area (Å²) in [7, 11) is 0. The van der Waals surface area contributed by atoms with E-state index in [9.17, 15) is 22.0 Å². The fraction of sp³-hybridized carbons (Fsp3) is 0.364. The van der Waals surface area contributed by atoms with E-state index >= 15 is 4.39 Å². The molecule has 1 nitrogen and oxygen atoms in total. The van der Waals surface area contributed by atoms with E-state index in [4.69, 9.17) is 0 Å². The predicted octanol–water partition coefficient (Wildman–Crippen LogP) is 7.27. The smallest absolute Gasteiger partial charge is 0.399 e. The van der Waals surface area contributed by atoms with Gasteiger partial charge in [-0.25, -0.2) is 13.2 Å². The van der Waals surface area contributed by atoms with Gasteiger partial charge < -0.3 is 4.74 Å². The van der Waals surface area contributed by atoms with Gasteiger partial charge >= 0.3 is 6.36 Å². The van der Waals surface area contributed by atoms with Crippen LogP contribution in [0, 0.1) is 17.5 Å². The number of allylic oxidation sites excluding steroid dienone is 2. The Morgan fingerprint density at radius 2 is 1.69 bits per heavy atom. The lowest BCUT2D eigenvalue weighted by molar-refractivity contribution is -0.276. The maximum Gasteiger partial charge on any atom is 0.573 e. The Labute approximate surface area is 165 Å². The van der Waals surface area contributed by atoms with Gasteiger partial charge in [-0.3, -0.25) is 0 Å². The summed E-state index contributed by atoms with van der Waals surface area (Å²) in [5, 5.41) is 0. The van der Waals surface area contributed by atoms with Gasteiger partial charge in [-0.15, -0.1) is 13.2 Å². The molecule has 2 aromatic rings. The van der Waals surface area contributed by atoms with Crippen LogP contribution in [0.5, 0.6) is 5.75 Å². The molecular formula is C22H20F6O. The Balaban J connectivity index is 1.88. The summed E-state index contributed by atoms with van der Waals surface area (Å²) in [6.07, 6.45) is 2.00. The van der Waals surface area contributed by atoms with Crippen molar-refractivity contribution < 1.29 is 31.1 Å². The molecule has 3 rings (SSSR count). The van der Waals surface area contributed by atoms with Crippen molar-refractivity contribution in [2.24, 2.45) is 0 Å². The highest BCUT2D eigenvalue weighted by molar-refractivity contribution is 5.67. The second-order valence-corrected chi connectivity index (χ2v) is 7.08. The van der Waals surface area contributed by atoms with Gasteiger partial charge in [0.1, 0.15) is 5.82 Å². The van der Waals surface area contributed by atoms with E-state index < -0.39 is 29.6 Å². The van der Waals surface area contributed by atoms with E-state index in [1.165, 1.54) is 11.6 Å². The lowest BCUT2D eigenvalue weighted by Crippen LogP contribution is -2.19. The van der Waals surface area contributed by atoms with Crippen molar-refractivity contribution in [3.8, 4) is 16.9 Å². The number of alkyl halides is 3. The number of rotatable bonds is 6. The number of halogens is 6. The molecule has 0 amide bonds. The van der Waals surface area contributed by atoms with Gasteiger partial charge in [-0.1, -0.05) is 43.5 Å². The van der Waals surface area contributed by atoms with Gasteiger partial charge in [0.15, 0.2) is 11.6 Å². The number of hydrogen-bond acceptors (Lipinski definition) is 1. The third-order valence-corrected chi connectivity index (χ3v) is 4.98. The minimum atomic E-state index is -5.23. The van der Waals surface area contributed by atoms with Crippen molar-refractivity contribution in [3.05, 3.63) is 64.5 Å². The van der Waals surface area contributed by atoms with Crippen LogP contribution in [0.2, 0.25) is 0 Å². The van der Waals surface area contributed by atoms with Crippen LogP contribution < -0.4 is 4.74 Å². The van der Waals surface area contributed by atoms with Gasteiger partial charge in [0.2, 0.25) is 5.75 Å². The van der Waals surface area contributed by atoms with Crippen molar-refractivity contribution in [1.29, 1.82) is 0 Å². The maximum absolute atomic E-state index is 15.0. The average Bonchev–Trinajstić information content (AvgIpc) is 2.64. The third kappa shape index (κ3) is 4.95. The first-order valence-electron chi connectivity index (χ1n) is 9.43. The van der Waals surface area contributed by atoms with E-state index in [0.717, 1.165) is 31.2 Å². The molecule has 0 fully saturated rings. The molecule has 0 spiro atoms. The van der Waals surface area contributed by atoms with Gasteiger partial charge in [-0.05, 0) is 54.5 Å². The lowest BCUT2D eigenvalue weighted by atomic mass is 9.86.